The van der Waals surface area contributed by atoms with Crippen molar-refractivity contribution in [2.75, 3.05) is 13.2 Å². The minimum absolute atomic E-state index is 0.0883. The molecule has 1 heterocycles. The van der Waals surface area contributed by atoms with Crippen molar-refractivity contribution in [3.05, 3.63) is 63.8 Å². The van der Waals surface area contributed by atoms with Crippen molar-refractivity contribution in [1.82, 2.24) is 9.99 Å². The van der Waals surface area contributed by atoms with Crippen LogP contribution >= 0.6 is 0 Å². The van der Waals surface area contributed by atoms with E-state index >= 15 is 0 Å². The molecule has 0 bridgehead atoms. The molecule has 0 atom stereocenters. The normalized spacial score (nSPS) is 11.1. The first-order chi connectivity index (χ1) is 15.0. The van der Waals surface area contributed by atoms with Crippen molar-refractivity contribution >= 4 is 28.7 Å². The van der Waals surface area contributed by atoms with Gasteiger partial charge in [0.15, 0.2) is 5.75 Å². The number of benzene rings is 2. The average Bonchev–Trinajstić information content (AvgIpc) is 3.09. The fraction of sp³-hybridized carbons (Fsp3) is 0.273. The number of carbonyl (C=O) groups excluding carboxylic acids is 1. The van der Waals surface area contributed by atoms with Crippen molar-refractivity contribution in [3.63, 3.8) is 0 Å². The van der Waals surface area contributed by atoms with E-state index in [1.54, 1.807) is 30.7 Å². The zero-order chi connectivity index (χ0) is 22.4. The Hall–Kier alpha value is -3.88. The fourth-order valence-corrected chi connectivity index (χ4v) is 3.16. The summed E-state index contributed by atoms with van der Waals surface area (Å²) in [6, 6.07) is 12.3. The lowest BCUT2D eigenvalue weighted by atomic mass is 10.2. The summed E-state index contributed by atoms with van der Waals surface area (Å²) in [6.45, 7) is 4.33. The van der Waals surface area contributed by atoms with E-state index < -0.39 is 10.8 Å². The van der Waals surface area contributed by atoms with Crippen molar-refractivity contribution in [1.29, 1.82) is 0 Å². The summed E-state index contributed by atoms with van der Waals surface area (Å²) in [5.41, 5.74) is 4.02. The number of fused-ring (bicyclic) bond motifs is 1. The van der Waals surface area contributed by atoms with Crippen molar-refractivity contribution in [2.45, 2.75) is 20.3 Å². The molecule has 0 aliphatic carbocycles. The molecule has 31 heavy (non-hydrogen) atoms. The van der Waals surface area contributed by atoms with E-state index in [0.29, 0.717) is 30.9 Å². The summed E-state index contributed by atoms with van der Waals surface area (Å²) in [5, 5.41) is 16.4. The van der Waals surface area contributed by atoms with Crippen LogP contribution in [0.15, 0.2) is 47.6 Å². The molecule has 3 aromatic rings. The Morgan fingerprint density at radius 2 is 2.00 bits per heavy atom. The van der Waals surface area contributed by atoms with Gasteiger partial charge in [-0.1, -0.05) is 25.1 Å². The Labute approximate surface area is 179 Å². The second-order valence-corrected chi connectivity index (χ2v) is 6.75. The number of aryl methyl sites for hydroxylation is 1. The molecule has 0 saturated heterocycles. The quantitative estimate of drug-likeness (QED) is 0.317. The van der Waals surface area contributed by atoms with Gasteiger partial charge >= 0.3 is 5.69 Å². The third-order valence-electron chi connectivity index (χ3n) is 4.57. The lowest BCUT2D eigenvalue weighted by Crippen LogP contribution is -2.20. The molecule has 1 amide bonds. The molecule has 0 aliphatic heterocycles. The van der Waals surface area contributed by atoms with Gasteiger partial charge in [-0.2, -0.15) is 5.10 Å². The van der Waals surface area contributed by atoms with Crippen molar-refractivity contribution in [2.24, 2.45) is 12.1 Å². The number of nitrogens with one attached hydrogen (secondary N) is 1. The van der Waals surface area contributed by atoms with Crippen LogP contribution in [0.5, 0.6) is 11.5 Å². The molecule has 162 valence electrons. The molecular formula is C22H24N4O5. The van der Waals surface area contributed by atoms with E-state index in [1.807, 2.05) is 31.2 Å². The summed E-state index contributed by atoms with van der Waals surface area (Å²) in [7, 11) is 1.80. The van der Waals surface area contributed by atoms with Gasteiger partial charge in [0.25, 0.3) is 5.91 Å². The SMILES string of the molecule is CCCOc1c(OCC)cc(/C=N/NC(=O)c2cc3ccccc3n2C)cc1[N+](=O)[O-]. The van der Waals surface area contributed by atoms with E-state index in [-0.39, 0.29) is 17.2 Å². The van der Waals surface area contributed by atoms with E-state index in [2.05, 4.69) is 10.5 Å². The standard InChI is InChI=1S/C22H24N4O5/c1-4-10-31-21-18(26(28)29)11-15(12-20(21)30-5-2)14-23-24-22(27)19-13-16-8-6-7-9-17(16)25(19)3/h6-9,11-14H,4-5,10H2,1-3H3,(H,24,27)/b23-14+. The summed E-state index contributed by atoms with van der Waals surface area (Å²) in [4.78, 5) is 23.6. The molecular weight excluding hydrogens is 400 g/mol. The maximum atomic E-state index is 12.5. The first kappa shape index (κ1) is 21.8. The fourth-order valence-electron chi connectivity index (χ4n) is 3.16. The van der Waals surface area contributed by atoms with Crippen molar-refractivity contribution in [3.8, 4) is 11.5 Å². The van der Waals surface area contributed by atoms with Crippen LogP contribution in [0, 0.1) is 10.1 Å². The predicted octanol–water partition coefficient (Wildman–Crippen LogP) is 4.04. The van der Waals surface area contributed by atoms with Gasteiger partial charge in [0.2, 0.25) is 5.75 Å². The molecule has 0 spiro atoms. The summed E-state index contributed by atoms with van der Waals surface area (Å²) in [6.07, 6.45) is 2.03. The summed E-state index contributed by atoms with van der Waals surface area (Å²) < 4.78 is 12.9. The maximum absolute atomic E-state index is 12.5. The number of amides is 1. The van der Waals surface area contributed by atoms with Gasteiger partial charge < -0.3 is 14.0 Å². The van der Waals surface area contributed by atoms with Crippen LogP contribution in [0.3, 0.4) is 0 Å². The number of ether oxygens (including phenoxy) is 2. The molecule has 9 nitrogen and oxygen atoms in total. The maximum Gasteiger partial charge on any atom is 0.315 e. The Morgan fingerprint density at radius 1 is 1.23 bits per heavy atom. The molecule has 0 aliphatic rings. The highest BCUT2D eigenvalue weighted by molar-refractivity contribution is 5.99. The number of rotatable bonds is 9. The Kier molecular flexibility index (Phi) is 6.86. The zero-order valence-electron chi connectivity index (χ0n) is 17.6. The number of nitro groups is 1. The number of aromatic nitrogens is 1. The third kappa shape index (κ3) is 4.82. The third-order valence-corrected chi connectivity index (χ3v) is 4.57. The van der Waals surface area contributed by atoms with Crippen LogP contribution in [0.25, 0.3) is 10.9 Å². The van der Waals surface area contributed by atoms with E-state index in [0.717, 1.165) is 10.9 Å². The van der Waals surface area contributed by atoms with Crippen LogP contribution in [0.1, 0.15) is 36.3 Å². The first-order valence-corrected chi connectivity index (χ1v) is 9.92. The van der Waals surface area contributed by atoms with E-state index in [9.17, 15) is 14.9 Å². The van der Waals surface area contributed by atoms with Crippen LogP contribution in [-0.2, 0) is 7.05 Å². The van der Waals surface area contributed by atoms with Gasteiger partial charge in [-0.05, 0) is 31.5 Å². The lowest BCUT2D eigenvalue weighted by molar-refractivity contribution is -0.386. The second-order valence-electron chi connectivity index (χ2n) is 6.75. The number of nitrogens with zero attached hydrogens (tertiary/aromatic N) is 3. The number of hydrogen-bond donors (Lipinski definition) is 1. The van der Waals surface area contributed by atoms with E-state index in [1.165, 1.54) is 12.3 Å². The van der Waals surface area contributed by atoms with Crippen LogP contribution in [-0.4, -0.2) is 34.8 Å². The van der Waals surface area contributed by atoms with Crippen LogP contribution < -0.4 is 14.9 Å². The summed E-state index contributed by atoms with van der Waals surface area (Å²) >= 11 is 0. The van der Waals surface area contributed by atoms with Crippen molar-refractivity contribution < 1.29 is 19.2 Å². The zero-order valence-corrected chi connectivity index (χ0v) is 17.6. The molecule has 0 unspecified atom stereocenters. The number of carbonyl (C=O) groups is 1. The highest BCUT2D eigenvalue weighted by Crippen LogP contribution is 2.38. The number of hydrazone groups is 1. The van der Waals surface area contributed by atoms with E-state index in [4.69, 9.17) is 9.47 Å². The second kappa shape index (κ2) is 9.75. The number of nitro benzene ring substituents is 1. The Bertz CT molecular complexity index is 1140. The Morgan fingerprint density at radius 3 is 2.68 bits per heavy atom. The molecule has 0 fully saturated rings. The smallest absolute Gasteiger partial charge is 0.315 e. The van der Waals surface area contributed by atoms with Crippen LogP contribution in [0.2, 0.25) is 0 Å². The largest absolute Gasteiger partial charge is 0.490 e. The average molecular weight is 424 g/mol. The lowest BCUT2D eigenvalue weighted by Gasteiger charge is -2.12. The Balaban J connectivity index is 1.84. The van der Waals surface area contributed by atoms with Gasteiger partial charge in [0.1, 0.15) is 5.69 Å². The monoisotopic (exact) mass is 424 g/mol. The molecule has 2 aromatic carbocycles. The molecule has 9 heteroatoms. The molecule has 0 saturated carbocycles. The first-order valence-electron chi connectivity index (χ1n) is 9.92. The molecule has 3 rings (SSSR count). The highest BCUT2D eigenvalue weighted by atomic mass is 16.6. The van der Waals surface area contributed by atoms with Gasteiger partial charge in [0, 0.05) is 29.6 Å². The molecule has 1 aromatic heterocycles. The minimum Gasteiger partial charge on any atom is -0.490 e. The van der Waals surface area contributed by atoms with Gasteiger partial charge in [-0.25, -0.2) is 5.43 Å². The minimum atomic E-state index is -0.529. The summed E-state index contributed by atoms with van der Waals surface area (Å²) in [5.74, 6) is -0.0469. The topological polar surface area (TPSA) is 108 Å². The van der Waals surface area contributed by atoms with Crippen LogP contribution in [0.4, 0.5) is 5.69 Å². The molecule has 0 radical (unpaired) electrons. The number of hydrogen-bond acceptors (Lipinski definition) is 6. The van der Waals surface area contributed by atoms with Gasteiger partial charge in [0.05, 0.1) is 24.4 Å². The van der Waals surface area contributed by atoms with Gasteiger partial charge in [-0.15, -0.1) is 0 Å². The predicted molar refractivity (Wildman–Crippen MR) is 118 cm³/mol. The van der Waals surface area contributed by atoms with Gasteiger partial charge in [-0.3, -0.25) is 14.9 Å². The highest BCUT2D eigenvalue weighted by Gasteiger charge is 2.22. The number of para-hydroxylation sites is 1. The molecule has 1 N–H and O–H groups in total.